The molecule has 0 aromatic rings. The van der Waals surface area contributed by atoms with Crippen molar-refractivity contribution in [1.29, 1.82) is 0 Å². The van der Waals surface area contributed by atoms with Gasteiger partial charge in [-0.05, 0) is 50.7 Å². The zero-order valence-electron chi connectivity index (χ0n) is 12.2. The summed E-state index contributed by atoms with van der Waals surface area (Å²) in [5, 5.41) is 3.61. The van der Waals surface area contributed by atoms with Gasteiger partial charge in [0.05, 0.1) is 0 Å². The molecule has 2 heteroatoms. The Bertz CT molecular complexity index is 185. The Balaban J connectivity index is 2.36. The van der Waals surface area contributed by atoms with Crippen molar-refractivity contribution in [2.75, 3.05) is 32.7 Å². The summed E-state index contributed by atoms with van der Waals surface area (Å²) in [6.45, 7) is 13.3. The second kappa shape index (κ2) is 8.10. The Hall–Kier alpha value is -0.0800. The van der Waals surface area contributed by atoms with Crippen molar-refractivity contribution in [3.8, 4) is 0 Å². The van der Waals surface area contributed by atoms with Crippen LogP contribution in [-0.4, -0.2) is 37.6 Å². The van der Waals surface area contributed by atoms with E-state index < -0.39 is 0 Å². The van der Waals surface area contributed by atoms with Crippen molar-refractivity contribution >= 4 is 0 Å². The SMILES string of the molecule is CCCNCC(C)(CC)CN1CCCCCC1. The van der Waals surface area contributed by atoms with E-state index in [-0.39, 0.29) is 0 Å². The minimum atomic E-state index is 0.458. The van der Waals surface area contributed by atoms with Crippen LogP contribution >= 0.6 is 0 Å². The molecule has 0 aromatic carbocycles. The average Bonchev–Trinajstić information content (AvgIpc) is 2.58. The first-order chi connectivity index (χ1) is 8.20. The molecule has 0 spiro atoms. The summed E-state index contributed by atoms with van der Waals surface area (Å²) in [5.74, 6) is 0. The summed E-state index contributed by atoms with van der Waals surface area (Å²) in [5.41, 5.74) is 0.458. The van der Waals surface area contributed by atoms with Gasteiger partial charge in [-0.3, -0.25) is 0 Å². The highest BCUT2D eigenvalue weighted by Crippen LogP contribution is 2.23. The fraction of sp³-hybridized carbons (Fsp3) is 1.00. The standard InChI is InChI=1S/C15H32N2/c1-4-10-16-13-15(3,5-2)14-17-11-8-6-7-9-12-17/h16H,4-14H2,1-3H3. The lowest BCUT2D eigenvalue weighted by atomic mass is 9.86. The number of hydrogen-bond donors (Lipinski definition) is 1. The second-order valence-electron chi connectivity index (χ2n) is 6.03. The smallest absolute Gasteiger partial charge is 0.00474 e. The zero-order valence-corrected chi connectivity index (χ0v) is 12.2. The van der Waals surface area contributed by atoms with Gasteiger partial charge in [-0.2, -0.15) is 0 Å². The number of rotatable bonds is 7. The van der Waals surface area contributed by atoms with Crippen molar-refractivity contribution in [2.45, 2.75) is 59.3 Å². The second-order valence-corrected chi connectivity index (χ2v) is 6.03. The lowest BCUT2D eigenvalue weighted by Crippen LogP contribution is -2.42. The highest BCUT2D eigenvalue weighted by molar-refractivity contribution is 4.80. The Morgan fingerprint density at radius 1 is 1.06 bits per heavy atom. The third kappa shape index (κ3) is 5.87. The summed E-state index contributed by atoms with van der Waals surface area (Å²) in [7, 11) is 0. The van der Waals surface area contributed by atoms with Gasteiger partial charge in [-0.15, -0.1) is 0 Å². The molecule has 0 saturated carbocycles. The molecule has 0 radical (unpaired) electrons. The van der Waals surface area contributed by atoms with E-state index in [2.05, 4.69) is 31.0 Å². The Labute approximate surface area is 108 Å². The lowest BCUT2D eigenvalue weighted by Gasteiger charge is -2.34. The van der Waals surface area contributed by atoms with E-state index in [1.165, 1.54) is 64.7 Å². The maximum atomic E-state index is 3.61. The van der Waals surface area contributed by atoms with Gasteiger partial charge in [0.2, 0.25) is 0 Å². The van der Waals surface area contributed by atoms with Crippen LogP contribution in [0.25, 0.3) is 0 Å². The molecule has 102 valence electrons. The van der Waals surface area contributed by atoms with Crippen molar-refractivity contribution in [2.24, 2.45) is 5.41 Å². The van der Waals surface area contributed by atoms with Gasteiger partial charge in [0, 0.05) is 13.1 Å². The molecule has 1 saturated heterocycles. The van der Waals surface area contributed by atoms with Crippen molar-refractivity contribution in [3.05, 3.63) is 0 Å². The normalized spacial score (nSPS) is 22.1. The Morgan fingerprint density at radius 3 is 2.24 bits per heavy atom. The maximum Gasteiger partial charge on any atom is 0.00474 e. The topological polar surface area (TPSA) is 15.3 Å². The van der Waals surface area contributed by atoms with Crippen LogP contribution in [0, 0.1) is 5.41 Å². The number of hydrogen-bond acceptors (Lipinski definition) is 2. The van der Waals surface area contributed by atoms with Crippen LogP contribution in [0.5, 0.6) is 0 Å². The summed E-state index contributed by atoms with van der Waals surface area (Å²) < 4.78 is 0. The molecule has 0 aromatic heterocycles. The predicted octanol–water partition coefficient (Wildman–Crippen LogP) is 3.28. The minimum Gasteiger partial charge on any atom is -0.316 e. The molecule has 1 aliphatic rings. The Kier molecular flexibility index (Phi) is 7.14. The number of nitrogens with zero attached hydrogens (tertiary/aromatic N) is 1. The van der Waals surface area contributed by atoms with Crippen LogP contribution < -0.4 is 5.32 Å². The molecule has 0 amide bonds. The van der Waals surface area contributed by atoms with Gasteiger partial charge in [-0.1, -0.05) is 33.6 Å². The van der Waals surface area contributed by atoms with E-state index in [9.17, 15) is 0 Å². The van der Waals surface area contributed by atoms with E-state index in [0.717, 1.165) is 6.54 Å². The largest absolute Gasteiger partial charge is 0.316 e. The molecule has 1 rings (SSSR count). The van der Waals surface area contributed by atoms with Gasteiger partial charge >= 0.3 is 0 Å². The van der Waals surface area contributed by atoms with Crippen LogP contribution in [-0.2, 0) is 0 Å². The zero-order chi connectivity index (χ0) is 12.6. The molecule has 1 atom stereocenters. The maximum absolute atomic E-state index is 3.61. The predicted molar refractivity (Wildman–Crippen MR) is 76.5 cm³/mol. The first kappa shape index (κ1) is 15.0. The van der Waals surface area contributed by atoms with Crippen LogP contribution in [0.2, 0.25) is 0 Å². The number of nitrogens with one attached hydrogen (secondary N) is 1. The van der Waals surface area contributed by atoms with Gasteiger partial charge in [-0.25, -0.2) is 0 Å². The fourth-order valence-electron chi connectivity index (χ4n) is 2.69. The van der Waals surface area contributed by atoms with E-state index in [4.69, 9.17) is 0 Å². The summed E-state index contributed by atoms with van der Waals surface area (Å²) in [6.07, 6.45) is 8.20. The highest BCUT2D eigenvalue weighted by Gasteiger charge is 2.25. The Morgan fingerprint density at radius 2 is 1.71 bits per heavy atom. The van der Waals surface area contributed by atoms with Gasteiger partial charge in [0.15, 0.2) is 0 Å². The third-order valence-electron chi connectivity index (χ3n) is 4.14. The fourth-order valence-corrected chi connectivity index (χ4v) is 2.69. The third-order valence-corrected chi connectivity index (χ3v) is 4.14. The molecule has 1 aliphatic heterocycles. The van der Waals surface area contributed by atoms with Gasteiger partial charge in [0.25, 0.3) is 0 Å². The molecular weight excluding hydrogens is 208 g/mol. The summed E-state index contributed by atoms with van der Waals surface area (Å²) >= 11 is 0. The van der Waals surface area contributed by atoms with Gasteiger partial charge in [0.1, 0.15) is 0 Å². The summed E-state index contributed by atoms with van der Waals surface area (Å²) in [4.78, 5) is 2.70. The minimum absolute atomic E-state index is 0.458. The monoisotopic (exact) mass is 240 g/mol. The molecule has 17 heavy (non-hydrogen) atoms. The van der Waals surface area contributed by atoms with Crippen molar-refractivity contribution in [1.82, 2.24) is 10.2 Å². The molecule has 1 unspecified atom stereocenters. The average molecular weight is 240 g/mol. The molecule has 2 nitrogen and oxygen atoms in total. The van der Waals surface area contributed by atoms with E-state index >= 15 is 0 Å². The van der Waals surface area contributed by atoms with E-state index in [1.807, 2.05) is 0 Å². The molecular formula is C15H32N2. The van der Waals surface area contributed by atoms with Crippen LogP contribution in [0.4, 0.5) is 0 Å². The number of likely N-dealkylation sites (tertiary alicyclic amines) is 1. The van der Waals surface area contributed by atoms with Gasteiger partial charge < -0.3 is 10.2 Å². The molecule has 0 aliphatic carbocycles. The van der Waals surface area contributed by atoms with E-state index in [1.54, 1.807) is 0 Å². The molecule has 1 fully saturated rings. The van der Waals surface area contributed by atoms with E-state index in [0.29, 0.717) is 5.41 Å². The summed E-state index contributed by atoms with van der Waals surface area (Å²) in [6, 6.07) is 0. The first-order valence-electron chi connectivity index (χ1n) is 7.63. The lowest BCUT2D eigenvalue weighted by molar-refractivity contribution is 0.159. The van der Waals surface area contributed by atoms with Crippen molar-refractivity contribution < 1.29 is 0 Å². The van der Waals surface area contributed by atoms with Crippen LogP contribution in [0.1, 0.15) is 59.3 Å². The highest BCUT2D eigenvalue weighted by atomic mass is 15.1. The first-order valence-corrected chi connectivity index (χ1v) is 7.63. The quantitative estimate of drug-likeness (QED) is 0.687. The molecule has 0 bridgehead atoms. The molecule has 1 N–H and O–H groups in total. The van der Waals surface area contributed by atoms with Crippen molar-refractivity contribution in [3.63, 3.8) is 0 Å². The van der Waals surface area contributed by atoms with Crippen LogP contribution in [0.15, 0.2) is 0 Å². The van der Waals surface area contributed by atoms with Crippen LogP contribution in [0.3, 0.4) is 0 Å². The molecule has 1 heterocycles.